The Morgan fingerprint density at radius 1 is 1.19 bits per heavy atom. The van der Waals surface area contributed by atoms with E-state index in [2.05, 4.69) is 5.32 Å². The van der Waals surface area contributed by atoms with Crippen LogP contribution in [0.15, 0.2) is 42.5 Å². The van der Waals surface area contributed by atoms with Gasteiger partial charge >= 0.3 is 5.97 Å². The molecular weight excluding hydrogens is 266 g/mol. The molecule has 0 fully saturated rings. The summed E-state index contributed by atoms with van der Waals surface area (Å²) in [5.74, 6) is -0.873. The molecule has 0 saturated heterocycles. The standard InChI is InChI=1S/C17H21NO3/c1-2-5-15(17(20)21)18-11-16(19)14-9-8-12-6-3-4-7-13(12)10-14/h3-4,6-10,15-16,18-19H,2,5,11H2,1H3,(H,20,21). The molecule has 0 amide bonds. The number of carbonyl (C=O) groups is 1. The van der Waals surface area contributed by atoms with Crippen molar-refractivity contribution in [1.82, 2.24) is 5.32 Å². The molecule has 3 N–H and O–H groups in total. The minimum Gasteiger partial charge on any atom is -0.480 e. The number of benzene rings is 2. The first-order valence-corrected chi connectivity index (χ1v) is 7.24. The largest absolute Gasteiger partial charge is 0.480 e. The second-order valence-electron chi connectivity index (χ2n) is 5.21. The van der Waals surface area contributed by atoms with Crippen LogP contribution in [0.1, 0.15) is 31.4 Å². The zero-order valence-corrected chi connectivity index (χ0v) is 12.1. The quantitative estimate of drug-likeness (QED) is 0.732. The van der Waals surface area contributed by atoms with Crippen molar-refractivity contribution in [3.05, 3.63) is 48.0 Å². The maximum Gasteiger partial charge on any atom is 0.320 e. The molecule has 0 heterocycles. The Morgan fingerprint density at radius 2 is 1.90 bits per heavy atom. The number of carboxylic acid groups (broad SMARTS) is 1. The summed E-state index contributed by atoms with van der Waals surface area (Å²) in [5, 5.41) is 24.4. The molecule has 2 aromatic carbocycles. The van der Waals surface area contributed by atoms with Crippen molar-refractivity contribution in [3.8, 4) is 0 Å². The lowest BCUT2D eigenvalue weighted by Crippen LogP contribution is -2.38. The highest BCUT2D eigenvalue weighted by Crippen LogP contribution is 2.20. The molecule has 0 aromatic heterocycles. The van der Waals surface area contributed by atoms with E-state index in [9.17, 15) is 9.90 Å². The first-order chi connectivity index (χ1) is 10.1. The number of aliphatic hydroxyl groups is 1. The maximum atomic E-state index is 11.1. The van der Waals surface area contributed by atoms with Gasteiger partial charge in [0.1, 0.15) is 6.04 Å². The number of hydrogen-bond acceptors (Lipinski definition) is 3. The summed E-state index contributed by atoms with van der Waals surface area (Å²) in [7, 11) is 0. The Kier molecular flexibility index (Phi) is 5.31. The van der Waals surface area contributed by atoms with E-state index in [1.165, 1.54) is 0 Å². The summed E-state index contributed by atoms with van der Waals surface area (Å²) in [5.41, 5.74) is 0.793. The molecule has 0 aliphatic carbocycles. The number of rotatable bonds is 7. The Bertz CT molecular complexity index is 612. The Hall–Kier alpha value is -1.91. The normalized spacial score (nSPS) is 14.0. The van der Waals surface area contributed by atoms with Gasteiger partial charge < -0.3 is 15.5 Å². The zero-order chi connectivity index (χ0) is 15.2. The third kappa shape index (κ3) is 4.03. The smallest absolute Gasteiger partial charge is 0.320 e. The lowest BCUT2D eigenvalue weighted by atomic mass is 10.0. The third-order valence-electron chi connectivity index (χ3n) is 3.59. The van der Waals surface area contributed by atoms with Crippen LogP contribution in [0.25, 0.3) is 10.8 Å². The van der Waals surface area contributed by atoms with Gasteiger partial charge in [0.15, 0.2) is 0 Å². The van der Waals surface area contributed by atoms with Crippen molar-refractivity contribution in [2.75, 3.05) is 6.54 Å². The molecule has 0 radical (unpaired) electrons. The number of hydrogen-bond donors (Lipinski definition) is 3. The fourth-order valence-corrected chi connectivity index (χ4v) is 2.39. The minimum atomic E-state index is -0.873. The van der Waals surface area contributed by atoms with Gasteiger partial charge in [0.05, 0.1) is 6.10 Å². The number of aliphatic hydroxyl groups excluding tert-OH is 1. The monoisotopic (exact) mass is 287 g/mol. The van der Waals surface area contributed by atoms with E-state index in [4.69, 9.17) is 5.11 Å². The van der Waals surface area contributed by atoms with Gasteiger partial charge in [-0.3, -0.25) is 4.79 Å². The van der Waals surface area contributed by atoms with Crippen LogP contribution in [-0.2, 0) is 4.79 Å². The van der Waals surface area contributed by atoms with E-state index in [1.54, 1.807) is 0 Å². The van der Waals surface area contributed by atoms with Crippen molar-refractivity contribution in [1.29, 1.82) is 0 Å². The van der Waals surface area contributed by atoms with E-state index in [1.807, 2.05) is 49.4 Å². The first kappa shape index (κ1) is 15.5. The topological polar surface area (TPSA) is 69.6 Å². The fourth-order valence-electron chi connectivity index (χ4n) is 2.39. The summed E-state index contributed by atoms with van der Waals surface area (Å²) in [6, 6.07) is 13.1. The Labute approximate surface area is 124 Å². The molecule has 0 saturated carbocycles. The second kappa shape index (κ2) is 7.20. The molecule has 21 heavy (non-hydrogen) atoms. The third-order valence-corrected chi connectivity index (χ3v) is 3.59. The number of aliphatic carboxylic acids is 1. The van der Waals surface area contributed by atoms with Gasteiger partial charge in [-0.15, -0.1) is 0 Å². The van der Waals surface area contributed by atoms with Gasteiger partial charge in [-0.1, -0.05) is 49.7 Å². The molecule has 112 valence electrons. The van der Waals surface area contributed by atoms with Gasteiger partial charge in [-0.25, -0.2) is 0 Å². The van der Waals surface area contributed by atoms with E-state index in [0.29, 0.717) is 6.42 Å². The van der Waals surface area contributed by atoms with Crippen LogP contribution in [0.3, 0.4) is 0 Å². The van der Waals surface area contributed by atoms with Crippen LogP contribution in [-0.4, -0.2) is 28.8 Å². The lowest BCUT2D eigenvalue weighted by Gasteiger charge is -2.17. The molecule has 2 unspecified atom stereocenters. The summed E-state index contributed by atoms with van der Waals surface area (Å²) >= 11 is 0. The van der Waals surface area contributed by atoms with Crippen molar-refractivity contribution in [2.24, 2.45) is 0 Å². The molecule has 0 aliphatic heterocycles. The maximum absolute atomic E-state index is 11.1. The van der Waals surface area contributed by atoms with Crippen LogP contribution in [0.4, 0.5) is 0 Å². The molecular formula is C17H21NO3. The Morgan fingerprint density at radius 3 is 2.57 bits per heavy atom. The fraction of sp³-hybridized carbons (Fsp3) is 0.353. The number of fused-ring (bicyclic) bond motifs is 1. The molecule has 2 aromatic rings. The Balaban J connectivity index is 2.04. The second-order valence-corrected chi connectivity index (χ2v) is 5.21. The predicted molar refractivity (Wildman–Crippen MR) is 83.2 cm³/mol. The average Bonchev–Trinajstić information content (AvgIpc) is 2.50. The van der Waals surface area contributed by atoms with E-state index in [-0.39, 0.29) is 6.54 Å². The van der Waals surface area contributed by atoms with Crippen LogP contribution in [0, 0.1) is 0 Å². The zero-order valence-electron chi connectivity index (χ0n) is 12.1. The van der Waals surface area contributed by atoms with Gasteiger partial charge in [-0.2, -0.15) is 0 Å². The van der Waals surface area contributed by atoms with Crippen molar-refractivity contribution < 1.29 is 15.0 Å². The van der Waals surface area contributed by atoms with Gasteiger partial charge in [0.2, 0.25) is 0 Å². The number of carboxylic acids is 1. The summed E-state index contributed by atoms with van der Waals surface area (Å²) in [6.45, 7) is 2.17. The SMILES string of the molecule is CCCC(NCC(O)c1ccc2ccccc2c1)C(=O)O. The predicted octanol–water partition coefficient (Wildman–Crippen LogP) is 2.72. The first-order valence-electron chi connectivity index (χ1n) is 7.24. The van der Waals surface area contributed by atoms with Gasteiger partial charge in [0, 0.05) is 6.54 Å². The summed E-state index contributed by atoms with van der Waals surface area (Å²) in [6.07, 6.45) is 0.629. The van der Waals surface area contributed by atoms with Crippen molar-refractivity contribution in [2.45, 2.75) is 31.9 Å². The molecule has 0 spiro atoms. The number of nitrogens with one attached hydrogen (secondary N) is 1. The summed E-state index contributed by atoms with van der Waals surface area (Å²) < 4.78 is 0. The molecule has 2 atom stereocenters. The van der Waals surface area contributed by atoms with E-state index in [0.717, 1.165) is 22.8 Å². The van der Waals surface area contributed by atoms with E-state index < -0.39 is 18.1 Å². The molecule has 0 bridgehead atoms. The highest BCUT2D eigenvalue weighted by atomic mass is 16.4. The highest BCUT2D eigenvalue weighted by molar-refractivity contribution is 5.83. The molecule has 0 aliphatic rings. The van der Waals surface area contributed by atoms with E-state index >= 15 is 0 Å². The van der Waals surface area contributed by atoms with Gasteiger partial charge in [0.25, 0.3) is 0 Å². The van der Waals surface area contributed by atoms with Crippen LogP contribution < -0.4 is 5.32 Å². The van der Waals surface area contributed by atoms with Crippen molar-refractivity contribution in [3.63, 3.8) is 0 Å². The molecule has 4 nitrogen and oxygen atoms in total. The summed E-state index contributed by atoms with van der Waals surface area (Å²) in [4.78, 5) is 11.1. The van der Waals surface area contributed by atoms with Crippen LogP contribution in [0.2, 0.25) is 0 Å². The van der Waals surface area contributed by atoms with Crippen molar-refractivity contribution >= 4 is 16.7 Å². The molecule has 4 heteroatoms. The minimum absolute atomic E-state index is 0.231. The molecule has 2 rings (SSSR count). The van der Waals surface area contributed by atoms with Gasteiger partial charge in [-0.05, 0) is 28.8 Å². The van der Waals surface area contributed by atoms with Crippen LogP contribution in [0.5, 0.6) is 0 Å². The lowest BCUT2D eigenvalue weighted by molar-refractivity contribution is -0.139. The average molecular weight is 287 g/mol. The van der Waals surface area contributed by atoms with Crippen LogP contribution >= 0.6 is 0 Å². The highest BCUT2D eigenvalue weighted by Gasteiger charge is 2.17.